The number of hydrogen-bond acceptors (Lipinski definition) is 3. The number of H-pyrrole nitrogens is 1. The minimum absolute atomic E-state index is 0.0243. The Balaban J connectivity index is 2.14. The van der Waals surface area contributed by atoms with Crippen molar-refractivity contribution >= 4 is 27.7 Å². The molecule has 1 aliphatic rings. The zero-order chi connectivity index (χ0) is 14.3. The first kappa shape index (κ1) is 13.2. The third kappa shape index (κ3) is 2.10. The number of ether oxygens (including phenoxy) is 1. The van der Waals surface area contributed by atoms with Gasteiger partial charge in [0.15, 0.2) is 5.82 Å². The molecule has 5 nitrogen and oxygen atoms in total. The molecule has 3 rings (SSSR count). The Kier molecular flexibility index (Phi) is 3.25. The average Bonchev–Trinajstić information content (AvgIpc) is 2.80. The number of nitrogens with one attached hydrogen (secondary N) is 2. The van der Waals surface area contributed by atoms with Gasteiger partial charge in [-0.25, -0.2) is 0 Å². The van der Waals surface area contributed by atoms with Crippen molar-refractivity contribution in [3.63, 3.8) is 0 Å². The molecule has 104 valence electrons. The van der Waals surface area contributed by atoms with E-state index in [1.165, 1.54) is 0 Å². The van der Waals surface area contributed by atoms with Gasteiger partial charge in [-0.1, -0.05) is 15.9 Å². The number of nitrogens with zero attached hydrogens (tertiary/aromatic N) is 1. The smallest absolute Gasteiger partial charge is 0.226 e. The number of benzene rings is 1. The number of halogens is 1. The molecule has 1 aromatic heterocycles. The van der Waals surface area contributed by atoms with E-state index in [2.05, 4.69) is 31.4 Å². The maximum Gasteiger partial charge on any atom is 0.226 e. The van der Waals surface area contributed by atoms with Crippen molar-refractivity contribution in [2.75, 3.05) is 12.4 Å². The fourth-order valence-corrected chi connectivity index (χ4v) is 3.13. The van der Waals surface area contributed by atoms with E-state index < -0.39 is 0 Å². The van der Waals surface area contributed by atoms with Gasteiger partial charge in [0, 0.05) is 28.1 Å². The normalized spacial score (nSPS) is 17.6. The second-order valence-electron chi connectivity index (χ2n) is 4.80. The van der Waals surface area contributed by atoms with Crippen LogP contribution in [0.3, 0.4) is 0 Å². The number of methoxy groups -OCH3 is 1. The molecule has 0 radical (unpaired) electrons. The number of aryl methyl sites for hydroxylation is 1. The van der Waals surface area contributed by atoms with Gasteiger partial charge in [-0.15, -0.1) is 0 Å². The molecule has 1 unspecified atom stereocenters. The maximum atomic E-state index is 11.9. The number of carbonyl (C=O) groups is 1. The lowest BCUT2D eigenvalue weighted by Gasteiger charge is -2.24. The summed E-state index contributed by atoms with van der Waals surface area (Å²) in [5, 5.41) is 9.89. The predicted octanol–water partition coefficient (Wildman–Crippen LogP) is 2.96. The molecule has 2 N–H and O–H groups in total. The molecule has 0 spiro atoms. The van der Waals surface area contributed by atoms with Crippen LogP contribution in [0.4, 0.5) is 5.82 Å². The van der Waals surface area contributed by atoms with Crippen molar-refractivity contribution in [1.82, 2.24) is 10.2 Å². The minimum atomic E-state index is -0.0259. The zero-order valence-corrected chi connectivity index (χ0v) is 12.7. The van der Waals surface area contributed by atoms with Gasteiger partial charge < -0.3 is 10.1 Å². The van der Waals surface area contributed by atoms with Gasteiger partial charge in [-0.3, -0.25) is 9.89 Å². The number of amides is 1. The summed E-state index contributed by atoms with van der Waals surface area (Å²) < 4.78 is 6.24. The van der Waals surface area contributed by atoms with Crippen LogP contribution in [0.15, 0.2) is 22.7 Å². The molecule has 1 atom stereocenters. The van der Waals surface area contributed by atoms with Gasteiger partial charge in [0.05, 0.1) is 7.11 Å². The third-order valence-corrected chi connectivity index (χ3v) is 4.29. The number of hydrogen-bond donors (Lipinski definition) is 2. The molecule has 2 aromatic rings. The topological polar surface area (TPSA) is 67.0 Å². The molecule has 0 aliphatic carbocycles. The van der Waals surface area contributed by atoms with E-state index in [4.69, 9.17) is 4.74 Å². The van der Waals surface area contributed by atoms with E-state index in [0.29, 0.717) is 12.2 Å². The molecule has 0 saturated heterocycles. The zero-order valence-electron chi connectivity index (χ0n) is 11.2. The second kappa shape index (κ2) is 4.94. The first-order valence-corrected chi connectivity index (χ1v) is 7.07. The Labute approximate surface area is 124 Å². The Hall–Kier alpha value is -1.82. The summed E-state index contributed by atoms with van der Waals surface area (Å²) in [5.41, 5.74) is 3.04. The van der Waals surface area contributed by atoms with Crippen LogP contribution in [0.5, 0.6) is 5.75 Å². The van der Waals surface area contributed by atoms with Crippen molar-refractivity contribution in [3.05, 3.63) is 39.5 Å². The summed E-state index contributed by atoms with van der Waals surface area (Å²) in [4.78, 5) is 11.9. The van der Waals surface area contributed by atoms with Gasteiger partial charge in [-0.05, 0) is 30.7 Å². The highest BCUT2D eigenvalue weighted by molar-refractivity contribution is 9.10. The Bertz CT molecular complexity index is 681. The first-order chi connectivity index (χ1) is 9.60. The molecule has 1 amide bonds. The van der Waals surface area contributed by atoms with E-state index in [1.54, 1.807) is 7.11 Å². The summed E-state index contributed by atoms with van der Waals surface area (Å²) in [6.45, 7) is 1.96. The van der Waals surface area contributed by atoms with Crippen molar-refractivity contribution in [2.45, 2.75) is 19.3 Å². The Morgan fingerprint density at radius 1 is 1.45 bits per heavy atom. The van der Waals surface area contributed by atoms with Crippen LogP contribution < -0.4 is 10.1 Å². The highest BCUT2D eigenvalue weighted by atomic mass is 79.9. The van der Waals surface area contributed by atoms with Crippen molar-refractivity contribution < 1.29 is 9.53 Å². The molecule has 6 heteroatoms. The van der Waals surface area contributed by atoms with Crippen LogP contribution in [0.1, 0.15) is 29.2 Å². The number of fused-ring (bicyclic) bond motifs is 1. The van der Waals surface area contributed by atoms with Crippen LogP contribution >= 0.6 is 15.9 Å². The third-order valence-electron chi connectivity index (χ3n) is 3.57. The molecular weight excluding hydrogens is 322 g/mol. The molecular formula is C14H14BrN3O2. The molecule has 20 heavy (non-hydrogen) atoms. The SMILES string of the molecule is COc1ccc(Br)c(C2CC(=O)Nc3n[nH]c(C)c32)c1. The number of rotatable bonds is 2. The molecule has 0 bridgehead atoms. The van der Waals surface area contributed by atoms with E-state index in [0.717, 1.165) is 27.0 Å². The van der Waals surface area contributed by atoms with Crippen LogP contribution in [-0.4, -0.2) is 23.2 Å². The summed E-state index contributed by atoms with van der Waals surface area (Å²) >= 11 is 3.56. The second-order valence-corrected chi connectivity index (χ2v) is 5.66. The highest BCUT2D eigenvalue weighted by Gasteiger charge is 2.31. The van der Waals surface area contributed by atoms with Crippen molar-refractivity contribution in [1.29, 1.82) is 0 Å². The fraction of sp³-hybridized carbons (Fsp3) is 0.286. The van der Waals surface area contributed by atoms with E-state index in [9.17, 15) is 4.79 Å². The van der Waals surface area contributed by atoms with Gasteiger partial charge in [0.2, 0.25) is 5.91 Å². The minimum Gasteiger partial charge on any atom is -0.497 e. The molecule has 1 aromatic carbocycles. The lowest BCUT2D eigenvalue weighted by molar-refractivity contribution is -0.116. The lowest BCUT2D eigenvalue weighted by Crippen LogP contribution is -2.23. The summed E-state index contributed by atoms with van der Waals surface area (Å²) in [6.07, 6.45) is 0.402. The molecule has 1 aliphatic heterocycles. The van der Waals surface area contributed by atoms with Crippen LogP contribution in [0, 0.1) is 6.92 Å². The standard InChI is InChI=1S/C14H14BrN3O2/c1-7-13-10(6-12(19)16-14(13)18-17-7)9-5-8(20-2)3-4-11(9)15/h3-5,10H,6H2,1-2H3,(H2,16,17,18,19). The Morgan fingerprint density at radius 2 is 2.25 bits per heavy atom. The number of aromatic nitrogens is 2. The predicted molar refractivity (Wildman–Crippen MR) is 79.1 cm³/mol. The number of carbonyl (C=O) groups excluding carboxylic acids is 1. The average molecular weight is 336 g/mol. The first-order valence-electron chi connectivity index (χ1n) is 6.28. The highest BCUT2D eigenvalue weighted by Crippen LogP contribution is 2.41. The fourth-order valence-electron chi connectivity index (χ4n) is 2.61. The van der Waals surface area contributed by atoms with Gasteiger partial charge in [0.25, 0.3) is 0 Å². The monoisotopic (exact) mass is 335 g/mol. The summed E-state index contributed by atoms with van der Waals surface area (Å²) in [5.74, 6) is 1.35. The summed E-state index contributed by atoms with van der Waals surface area (Å²) in [6, 6.07) is 5.79. The quantitative estimate of drug-likeness (QED) is 0.886. The van der Waals surface area contributed by atoms with Crippen LogP contribution in [0.25, 0.3) is 0 Å². The lowest BCUT2D eigenvalue weighted by atomic mass is 9.86. The van der Waals surface area contributed by atoms with Gasteiger partial charge >= 0.3 is 0 Å². The van der Waals surface area contributed by atoms with Gasteiger partial charge in [0.1, 0.15) is 5.75 Å². The number of aromatic amines is 1. The number of anilines is 1. The van der Waals surface area contributed by atoms with Crippen LogP contribution in [-0.2, 0) is 4.79 Å². The molecule has 0 saturated carbocycles. The maximum absolute atomic E-state index is 11.9. The molecule has 2 heterocycles. The van der Waals surface area contributed by atoms with E-state index in [-0.39, 0.29) is 11.8 Å². The van der Waals surface area contributed by atoms with Crippen molar-refractivity contribution in [3.8, 4) is 5.75 Å². The van der Waals surface area contributed by atoms with Crippen LogP contribution in [0.2, 0.25) is 0 Å². The van der Waals surface area contributed by atoms with Crippen molar-refractivity contribution in [2.24, 2.45) is 0 Å². The summed E-state index contributed by atoms with van der Waals surface area (Å²) in [7, 11) is 1.63. The van der Waals surface area contributed by atoms with E-state index in [1.807, 2.05) is 25.1 Å². The Morgan fingerprint density at radius 3 is 3.00 bits per heavy atom. The largest absolute Gasteiger partial charge is 0.497 e. The van der Waals surface area contributed by atoms with E-state index >= 15 is 0 Å². The molecule has 0 fully saturated rings. The van der Waals surface area contributed by atoms with Gasteiger partial charge in [-0.2, -0.15) is 5.10 Å².